The number of fused-ring (bicyclic) bond motifs is 1. The molecular formula is C26H34FN3O2. The van der Waals surface area contributed by atoms with Crippen molar-refractivity contribution in [1.29, 1.82) is 0 Å². The van der Waals surface area contributed by atoms with Crippen LogP contribution in [0, 0.1) is 12.8 Å². The van der Waals surface area contributed by atoms with E-state index in [0.717, 1.165) is 38.0 Å². The number of carbonyl (C=O) groups is 1. The Balaban J connectivity index is 0.00000289. The Morgan fingerprint density at radius 3 is 2.50 bits per heavy atom. The smallest absolute Gasteiger partial charge is 0.248 e. The largest absolute Gasteiger partial charge is 0.412 e. The minimum atomic E-state index is -1.15. The summed E-state index contributed by atoms with van der Waals surface area (Å²) in [6.07, 6.45) is 1.91. The molecule has 1 aliphatic rings. The second-order valence-corrected chi connectivity index (χ2v) is 9.54. The quantitative estimate of drug-likeness (QED) is 0.606. The number of primary amides is 1. The molecule has 1 fully saturated rings. The van der Waals surface area contributed by atoms with Crippen LogP contribution in [0.1, 0.15) is 47.4 Å². The summed E-state index contributed by atoms with van der Waals surface area (Å²) in [5.74, 6) is 0.126. The van der Waals surface area contributed by atoms with Crippen LogP contribution in [0.5, 0.6) is 0 Å². The lowest BCUT2D eigenvalue weighted by Gasteiger charge is -2.23. The van der Waals surface area contributed by atoms with Crippen molar-refractivity contribution in [2.45, 2.75) is 45.8 Å². The lowest BCUT2D eigenvalue weighted by molar-refractivity contribution is 0.1000. The van der Waals surface area contributed by atoms with E-state index in [0.29, 0.717) is 18.0 Å². The zero-order valence-electron chi connectivity index (χ0n) is 19.2. The minimum Gasteiger partial charge on any atom is -0.412 e. The molecule has 3 aromatic rings. The lowest BCUT2D eigenvalue weighted by atomic mass is 10.0. The van der Waals surface area contributed by atoms with Crippen LogP contribution in [0.2, 0.25) is 0 Å². The van der Waals surface area contributed by atoms with Gasteiger partial charge in [-0.3, -0.25) is 9.69 Å². The predicted octanol–water partition coefficient (Wildman–Crippen LogP) is 3.88. The van der Waals surface area contributed by atoms with Crippen LogP contribution < -0.4 is 5.73 Å². The van der Waals surface area contributed by atoms with Gasteiger partial charge >= 0.3 is 0 Å². The number of alkyl halides is 1. The van der Waals surface area contributed by atoms with Gasteiger partial charge in [0.1, 0.15) is 5.67 Å². The number of aromatic nitrogens is 1. The highest BCUT2D eigenvalue weighted by Gasteiger charge is 2.29. The molecule has 0 aliphatic carbocycles. The molecule has 5 nitrogen and oxygen atoms in total. The first kappa shape index (κ1) is 24.0. The molecule has 6 heteroatoms. The van der Waals surface area contributed by atoms with Crippen LogP contribution in [-0.4, -0.2) is 46.2 Å². The number of benzene rings is 2. The van der Waals surface area contributed by atoms with E-state index in [9.17, 15) is 9.18 Å². The third-order valence-corrected chi connectivity index (χ3v) is 6.39. The van der Waals surface area contributed by atoms with Crippen LogP contribution >= 0.6 is 0 Å². The van der Waals surface area contributed by atoms with Gasteiger partial charge in [0.15, 0.2) is 0 Å². The SMILES string of the molecule is Cc1c(Cc2ccc(C(N)=O)cc2)c2ccccc2n1CC1CCN(CC(C)(C)F)C1.O. The van der Waals surface area contributed by atoms with Gasteiger partial charge in [0.05, 0.1) is 0 Å². The Morgan fingerprint density at radius 1 is 1.16 bits per heavy atom. The summed E-state index contributed by atoms with van der Waals surface area (Å²) in [5, 5.41) is 1.28. The van der Waals surface area contributed by atoms with E-state index in [1.165, 1.54) is 22.2 Å². The lowest BCUT2D eigenvalue weighted by Crippen LogP contribution is -2.34. The van der Waals surface area contributed by atoms with Crippen molar-refractivity contribution in [2.24, 2.45) is 11.7 Å². The first-order valence-corrected chi connectivity index (χ1v) is 11.1. The van der Waals surface area contributed by atoms with Crippen LogP contribution in [0.4, 0.5) is 4.39 Å². The first-order valence-electron chi connectivity index (χ1n) is 11.1. The number of para-hydroxylation sites is 1. The number of hydrogen-bond acceptors (Lipinski definition) is 2. The first-order chi connectivity index (χ1) is 14.7. The molecule has 0 spiro atoms. The molecule has 0 radical (unpaired) electrons. The van der Waals surface area contributed by atoms with Crippen LogP contribution in [0.25, 0.3) is 10.9 Å². The number of hydrogen-bond donors (Lipinski definition) is 1. The van der Waals surface area contributed by atoms with Crippen molar-refractivity contribution in [3.05, 3.63) is 70.9 Å². The maximum absolute atomic E-state index is 14.1. The van der Waals surface area contributed by atoms with E-state index in [1.807, 2.05) is 12.1 Å². The molecule has 2 heterocycles. The Bertz CT molecular complexity index is 1080. The molecule has 1 unspecified atom stereocenters. The average Bonchev–Trinajstić information content (AvgIpc) is 3.25. The molecule has 4 N–H and O–H groups in total. The highest BCUT2D eigenvalue weighted by Crippen LogP contribution is 2.31. The Morgan fingerprint density at radius 2 is 1.84 bits per heavy atom. The topological polar surface area (TPSA) is 82.8 Å². The van der Waals surface area contributed by atoms with Gasteiger partial charge in [-0.15, -0.1) is 0 Å². The van der Waals surface area contributed by atoms with Crippen molar-refractivity contribution in [2.75, 3.05) is 19.6 Å². The molecule has 1 aliphatic heterocycles. The molecule has 1 atom stereocenters. The molecule has 1 saturated heterocycles. The van der Waals surface area contributed by atoms with Gasteiger partial charge in [-0.05, 0) is 75.4 Å². The summed E-state index contributed by atoms with van der Waals surface area (Å²) >= 11 is 0. The molecule has 2 aromatic carbocycles. The summed E-state index contributed by atoms with van der Waals surface area (Å²) in [7, 11) is 0. The molecular weight excluding hydrogens is 405 g/mol. The van der Waals surface area contributed by atoms with E-state index in [-0.39, 0.29) is 5.48 Å². The predicted molar refractivity (Wildman–Crippen MR) is 128 cm³/mol. The molecule has 172 valence electrons. The molecule has 1 aromatic heterocycles. The van der Waals surface area contributed by atoms with E-state index in [2.05, 4.69) is 40.7 Å². The second kappa shape index (κ2) is 9.43. The third kappa shape index (κ3) is 5.19. The number of nitrogens with zero attached hydrogens (tertiary/aromatic N) is 2. The van der Waals surface area contributed by atoms with Crippen LogP contribution in [0.15, 0.2) is 48.5 Å². The number of halogens is 1. The van der Waals surface area contributed by atoms with Gasteiger partial charge in [-0.1, -0.05) is 30.3 Å². The maximum atomic E-state index is 14.1. The summed E-state index contributed by atoms with van der Waals surface area (Å²) in [4.78, 5) is 13.6. The van der Waals surface area contributed by atoms with Crippen LogP contribution in [0.3, 0.4) is 0 Å². The number of rotatable bonds is 7. The van der Waals surface area contributed by atoms with Gasteiger partial charge in [0.2, 0.25) is 5.91 Å². The fourth-order valence-corrected chi connectivity index (χ4v) is 4.95. The maximum Gasteiger partial charge on any atom is 0.248 e. The van der Waals surface area contributed by atoms with E-state index in [1.54, 1.807) is 26.0 Å². The van der Waals surface area contributed by atoms with Gasteiger partial charge in [-0.25, -0.2) is 4.39 Å². The highest BCUT2D eigenvalue weighted by atomic mass is 19.1. The zero-order chi connectivity index (χ0) is 22.2. The van der Waals surface area contributed by atoms with E-state index in [4.69, 9.17) is 5.73 Å². The van der Waals surface area contributed by atoms with E-state index < -0.39 is 11.6 Å². The zero-order valence-corrected chi connectivity index (χ0v) is 19.2. The molecule has 1 amide bonds. The molecule has 0 bridgehead atoms. The summed E-state index contributed by atoms with van der Waals surface area (Å²) < 4.78 is 16.5. The van der Waals surface area contributed by atoms with Gasteiger partial charge < -0.3 is 15.8 Å². The van der Waals surface area contributed by atoms with Gasteiger partial charge in [0.25, 0.3) is 0 Å². The summed E-state index contributed by atoms with van der Waals surface area (Å²) in [5.41, 5.74) is 9.78. The molecule has 0 saturated carbocycles. The number of carbonyl (C=O) groups excluding carboxylic acids is 1. The van der Waals surface area contributed by atoms with Crippen LogP contribution in [-0.2, 0) is 13.0 Å². The Labute approximate surface area is 189 Å². The van der Waals surface area contributed by atoms with Crippen molar-refractivity contribution >= 4 is 16.8 Å². The monoisotopic (exact) mass is 439 g/mol. The standard InChI is InChI=1S/C26H32FN3O.H2O/c1-18-23(14-19-8-10-21(11-9-19)25(28)31)22-6-4-5-7-24(22)30(18)16-20-12-13-29(15-20)17-26(2,3)27;/h4-11,20H,12-17H2,1-3H3,(H2,28,31);1H2. The summed E-state index contributed by atoms with van der Waals surface area (Å²) in [6, 6.07) is 16.1. The molecule has 4 rings (SSSR count). The third-order valence-electron chi connectivity index (χ3n) is 6.39. The van der Waals surface area contributed by atoms with Crippen molar-refractivity contribution < 1.29 is 14.7 Å². The number of likely N-dealkylation sites (tertiary alicyclic amines) is 1. The van der Waals surface area contributed by atoms with Gasteiger partial charge in [-0.2, -0.15) is 0 Å². The van der Waals surface area contributed by atoms with Crippen molar-refractivity contribution in [1.82, 2.24) is 9.47 Å². The average molecular weight is 440 g/mol. The number of amides is 1. The fourth-order valence-electron chi connectivity index (χ4n) is 4.95. The van der Waals surface area contributed by atoms with Crippen molar-refractivity contribution in [3.8, 4) is 0 Å². The van der Waals surface area contributed by atoms with Gasteiger partial charge in [0, 0.05) is 41.8 Å². The Hall–Kier alpha value is -2.70. The second-order valence-electron chi connectivity index (χ2n) is 9.54. The van der Waals surface area contributed by atoms with E-state index >= 15 is 0 Å². The Kier molecular flexibility index (Phi) is 7.06. The van der Waals surface area contributed by atoms with Crippen molar-refractivity contribution in [3.63, 3.8) is 0 Å². The minimum absolute atomic E-state index is 0. The number of nitrogens with two attached hydrogens (primary N) is 1. The molecule has 32 heavy (non-hydrogen) atoms. The fraction of sp³-hybridized carbons (Fsp3) is 0.423. The normalized spacial score (nSPS) is 16.9. The summed E-state index contributed by atoms with van der Waals surface area (Å²) in [6.45, 7) is 8.89. The highest BCUT2D eigenvalue weighted by molar-refractivity contribution is 5.92.